The van der Waals surface area contributed by atoms with Crippen molar-refractivity contribution in [2.45, 2.75) is 31.5 Å². The minimum Gasteiger partial charge on any atom is -0.508 e. The predicted molar refractivity (Wildman–Crippen MR) is 115 cm³/mol. The molecule has 5 N–H and O–H groups in total. The Morgan fingerprint density at radius 3 is 2.58 bits per heavy atom. The number of nitrogens with zero attached hydrogens (tertiary/aromatic N) is 1. The van der Waals surface area contributed by atoms with Crippen molar-refractivity contribution < 1.29 is 24.9 Å². The van der Waals surface area contributed by atoms with Crippen molar-refractivity contribution in [3.05, 3.63) is 52.0 Å². The van der Waals surface area contributed by atoms with Crippen molar-refractivity contribution in [2.75, 3.05) is 20.3 Å². The van der Waals surface area contributed by atoms with E-state index in [9.17, 15) is 20.1 Å². The maximum atomic E-state index is 13.3. The number of fused-ring (bicyclic) bond motifs is 1. The van der Waals surface area contributed by atoms with Crippen LogP contribution in [0.3, 0.4) is 0 Å². The smallest absolute Gasteiger partial charge is 0.242 e. The zero-order valence-corrected chi connectivity index (χ0v) is 18.1. The topological polar surface area (TPSA) is 114 Å². The average molecular weight is 448 g/mol. The lowest BCUT2D eigenvalue weighted by Crippen LogP contribution is -2.41. The first-order valence-electron chi connectivity index (χ1n) is 10.2. The lowest BCUT2D eigenvalue weighted by atomic mass is 9.83. The van der Waals surface area contributed by atoms with Crippen molar-refractivity contribution in [1.82, 2.24) is 15.8 Å². The number of ether oxygens (including phenoxy) is 1. The highest BCUT2D eigenvalue weighted by Gasteiger charge is 2.55. The number of hydrogen-bond acceptors (Lipinski definition) is 7. The van der Waals surface area contributed by atoms with Crippen molar-refractivity contribution in [3.8, 4) is 17.2 Å². The molecule has 0 bridgehead atoms. The number of carbonyl (C=O) groups excluding carboxylic acids is 1. The molecule has 4 atom stereocenters. The summed E-state index contributed by atoms with van der Waals surface area (Å²) in [5, 5.41) is 30.5. The zero-order valence-electron chi connectivity index (χ0n) is 17.3. The van der Waals surface area contributed by atoms with Crippen LogP contribution < -0.4 is 15.6 Å². The van der Waals surface area contributed by atoms with Gasteiger partial charge in [-0.25, -0.2) is 10.9 Å². The van der Waals surface area contributed by atoms with Crippen LogP contribution in [0.25, 0.3) is 0 Å². The molecule has 2 heterocycles. The largest absolute Gasteiger partial charge is 0.508 e. The molecule has 0 aromatic heterocycles. The zero-order chi connectivity index (χ0) is 22.3. The summed E-state index contributed by atoms with van der Waals surface area (Å²) in [5.41, 5.74) is 8.40. The molecule has 2 saturated heterocycles. The minimum absolute atomic E-state index is 0.0104. The van der Waals surface area contributed by atoms with Gasteiger partial charge in [-0.05, 0) is 48.7 Å². The number of amides is 1. The van der Waals surface area contributed by atoms with Gasteiger partial charge in [0.15, 0.2) is 11.5 Å². The van der Waals surface area contributed by atoms with Crippen LogP contribution in [0.1, 0.15) is 35.2 Å². The standard InChI is InChI=1S/C22H26ClN3O5/c1-11-8-16(29)13(10-14(11)23)19-18-20(25-24-19)22(30)26(6-3-7-27)21(18)12-4-5-15(28)17(9-12)31-2/h4-5,8-10,18-21,24-25,27-29H,3,6-7H2,1-2H3. The highest BCUT2D eigenvalue weighted by molar-refractivity contribution is 6.31. The maximum Gasteiger partial charge on any atom is 0.242 e. The number of methoxy groups -OCH3 is 1. The van der Waals surface area contributed by atoms with Gasteiger partial charge in [-0.2, -0.15) is 0 Å². The van der Waals surface area contributed by atoms with Gasteiger partial charge in [0.1, 0.15) is 11.8 Å². The number of phenolic OH excluding ortho intramolecular Hbond substituents is 2. The predicted octanol–water partition coefficient (Wildman–Crippen LogP) is 2.17. The Balaban J connectivity index is 1.80. The number of carbonyl (C=O) groups is 1. The summed E-state index contributed by atoms with van der Waals surface area (Å²) in [5.74, 6) is 0.0573. The number of hydrogen-bond donors (Lipinski definition) is 5. The quantitative estimate of drug-likeness (QED) is 0.461. The normalized spacial score (nSPS) is 25.2. The van der Waals surface area contributed by atoms with Gasteiger partial charge >= 0.3 is 0 Å². The number of aromatic hydroxyl groups is 2. The first kappa shape index (κ1) is 21.7. The van der Waals surface area contributed by atoms with Crippen molar-refractivity contribution in [1.29, 1.82) is 0 Å². The molecule has 4 rings (SSSR count). The van der Waals surface area contributed by atoms with Crippen LogP contribution >= 0.6 is 11.6 Å². The maximum absolute atomic E-state index is 13.3. The van der Waals surface area contributed by atoms with E-state index in [2.05, 4.69) is 10.9 Å². The van der Waals surface area contributed by atoms with Crippen molar-refractivity contribution in [2.24, 2.45) is 5.92 Å². The second-order valence-electron chi connectivity index (χ2n) is 7.97. The van der Waals surface area contributed by atoms with Crippen LogP contribution in [0.4, 0.5) is 0 Å². The molecular formula is C22H26ClN3O5. The fourth-order valence-corrected chi connectivity index (χ4v) is 4.84. The molecule has 9 heteroatoms. The van der Waals surface area contributed by atoms with Crippen LogP contribution in [-0.4, -0.2) is 52.4 Å². The number of nitrogens with one attached hydrogen (secondary N) is 2. The Bertz CT molecular complexity index is 1000. The highest BCUT2D eigenvalue weighted by Crippen LogP contribution is 2.50. The lowest BCUT2D eigenvalue weighted by Gasteiger charge is -2.31. The van der Waals surface area contributed by atoms with Gasteiger partial charge in [-0.3, -0.25) is 4.79 Å². The number of aryl methyl sites for hydroxylation is 1. The molecule has 166 valence electrons. The van der Waals surface area contributed by atoms with E-state index in [1.165, 1.54) is 7.11 Å². The molecule has 0 radical (unpaired) electrons. The molecule has 0 saturated carbocycles. The van der Waals surface area contributed by atoms with Gasteiger partial charge in [0, 0.05) is 29.7 Å². The lowest BCUT2D eigenvalue weighted by molar-refractivity contribution is -0.130. The number of benzene rings is 2. The van der Waals surface area contributed by atoms with Crippen molar-refractivity contribution in [3.63, 3.8) is 0 Å². The second kappa shape index (κ2) is 8.55. The number of aliphatic hydroxyl groups excluding tert-OH is 1. The number of hydrazine groups is 1. The fourth-order valence-electron chi connectivity index (χ4n) is 4.67. The third-order valence-corrected chi connectivity index (χ3v) is 6.57. The molecule has 8 nitrogen and oxygen atoms in total. The summed E-state index contributed by atoms with van der Waals surface area (Å²) < 4.78 is 5.28. The molecule has 31 heavy (non-hydrogen) atoms. The Kier molecular flexibility index (Phi) is 5.98. The summed E-state index contributed by atoms with van der Waals surface area (Å²) in [6.45, 7) is 2.16. The Hall–Kier alpha value is -2.52. The summed E-state index contributed by atoms with van der Waals surface area (Å²) in [6, 6.07) is 7.09. The van der Waals surface area contributed by atoms with E-state index in [1.54, 1.807) is 35.2 Å². The summed E-state index contributed by atoms with van der Waals surface area (Å²) in [7, 11) is 1.47. The molecule has 4 unspecified atom stereocenters. The van der Waals surface area contributed by atoms with Gasteiger partial charge in [-0.1, -0.05) is 17.7 Å². The van der Waals surface area contributed by atoms with E-state index in [0.29, 0.717) is 29.3 Å². The van der Waals surface area contributed by atoms with Gasteiger partial charge in [0.2, 0.25) is 5.91 Å². The number of likely N-dealkylation sites (tertiary alicyclic amines) is 1. The summed E-state index contributed by atoms with van der Waals surface area (Å²) in [6.07, 6.45) is 0.441. The minimum atomic E-state index is -0.520. The van der Waals surface area contributed by atoms with E-state index >= 15 is 0 Å². The van der Waals surface area contributed by atoms with Gasteiger partial charge in [0.05, 0.1) is 19.2 Å². The van der Waals surface area contributed by atoms with E-state index in [4.69, 9.17) is 16.3 Å². The monoisotopic (exact) mass is 447 g/mol. The summed E-state index contributed by atoms with van der Waals surface area (Å²) in [4.78, 5) is 15.0. The second-order valence-corrected chi connectivity index (χ2v) is 8.37. The van der Waals surface area contributed by atoms with Crippen LogP contribution in [0, 0.1) is 12.8 Å². The van der Waals surface area contributed by atoms with E-state index in [-0.39, 0.29) is 36.0 Å². The van der Waals surface area contributed by atoms with E-state index < -0.39 is 12.1 Å². The van der Waals surface area contributed by atoms with Crippen molar-refractivity contribution >= 4 is 17.5 Å². The average Bonchev–Trinajstić information content (AvgIpc) is 3.28. The van der Waals surface area contributed by atoms with Crippen LogP contribution in [0.2, 0.25) is 5.02 Å². The van der Waals surface area contributed by atoms with Crippen LogP contribution in [0.15, 0.2) is 30.3 Å². The first-order chi connectivity index (χ1) is 14.9. The van der Waals surface area contributed by atoms with Gasteiger partial charge in [0.25, 0.3) is 0 Å². The van der Waals surface area contributed by atoms with E-state index in [0.717, 1.165) is 11.1 Å². The molecule has 0 aliphatic carbocycles. The molecule has 2 aromatic rings. The SMILES string of the molecule is COc1cc(C2C3C(NNC3c3cc(Cl)c(C)cc3O)C(=O)N2CCCO)ccc1O. The molecule has 2 fully saturated rings. The van der Waals surface area contributed by atoms with Gasteiger partial charge in [-0.15, -0.1) is 0 Å². The Morgan fingerprint density at radius 1 is 1.13 bits per heavy atom. The summed E-state index contributed by atoms with van der Waals surface area (Å²) >= 11 is 6.33. The molecule has 2 aliphatic rings. The molecular weight excluding hydrogens is 422 g/mol. The number of rotatable bonds is 6. The fraction of sp³-hybridized carbons (Fsp3) is 0.409. The Morgan fingerprint density at radius 2 is 1.87 bits per heavy atom. The van der Waals surface area contributed by atoms with Crippen LogP contribution in [0.5, 0.6) is 17.2 Å². The number of phenols is 2. The molecule has 2 aromatic carbocycles. The number of halogens is 1. The molecule has 1 amide bonds. The first-order valence-corrected chi connectivity index (χ1v) is 10.5. The van der Waals surface area contributed by atoms with Gasteiger partial charge < -0.3 is 25.0 Å². The highest BCUT2D eigenvalue weighted by atomic mass is 35.5. The molecule has 2 aliphatic heterocycles. The van der Waals surface area contributed by atoms with Crippen LogP contribution in [-0.2, 0) is 4.79 Å². The Labute approximate surface area is 185 Å². The molecule has 0 spiro atoms. The number of aliphatic hydroxyl groups is 1. The third-order valence-electron chi connectivity index (χ3n) is 6.16. The van der Waals surface area contributed by atoms with E-state index in [1.807, 2.05) is 6.92 Å². The third kappa shape index (κ3) is 3.70.